The van der Waals surface area contributed by atoms with E-state index in [-0.39, 0.29) is 0 Å². The average Bonchev–Trinajstić information content (AvgIpc) is 2.38. The molecule has 0 radical (unpaired) electrons. The molecular weight excluding hydrogens is 200 g/mol. The summed E-state index contributed by atoms with van der Waals surface area (Å²) in [7, 11) is 0. The Morgan fingerprint density at radius 1 is 1.50 bits per heavy atom. The third-order valence-corrected chi connectivity index (χ3v) is 3.06. The molecule has 1 aromatic heterocycles. The van der Waals surface area contributed by atoms with E-state index in [0.717, 1.165) is 18.8 Å². The molecule has 0 amide bonds. The maximum absolute atomic E-state index is 5.68. The van der Waals surface area contributed by atoms with E-state index >= 15 is 0 Å². The maximum atomic E-state index is 5.68. The topological polar surface area (TPSA) is 34.1 Å². The van der Waals surface area contributed by atoms with Crippen LogP contribution in [0.15, 0.2) is 24.4 Å². The van der Waals surface area contributed by atoms with Gasteiger partial charge in [-0.05, 0) is 38.3 Å². The largest absolute Gasteiger partial charge is 0.377 e. The minimum absolute atomic E-state index is 0.298. The Labute approximate surface area is 97.2 Å². The molecule has 3 nitrogen and oxygen atoms in total. The monoisotopic (exact) mass is 220 g/mol. The minimum Gasteiger partial charge on any atom is -0.377 e. The molecule has 2 heterocycles. The fourth-order valence-electron chi connectivity index (χ4n) is 2.01. The molecule has 1 unspecified atom stereocenters. The lowest BCUT2D eigenvalue weighted by molar-refractivity contribution is 0.0156. The number of hydrogen-bond acceptors (Lipinski definition) is 3. The Morgan fingerprint density at radius 3 is 3.12 bits per heavy atom. The highest BCUT2D eigenvalue weighted by Gasteiger charge is 2.15. The highest BCUT2D eigenvalue weighted by molar-refractivity contribution is 5.07. The van der Waals surface area contributed by atoms with E-state index in [1.54, 1.807) is 0 Å². The average molecular weight is 220 g/mol. The minimum atomic E-state index is 0.298. The van der Waals surface area contributed by atoms with Crippen molar-refractivity contribution in [1.29, 1.82) is 0 Å². The SMILES string of the molecule is C[C@@H](NCC1CCCCO1)c1ccccn1. The van der Waals surface area contributed by atoms with Crippen molar-refractivity contribution < 1.29 is 4.74 Å². The fraction of sp³-hybridized carbons (Fsp3) is 0.615. The van der Waals surface area contributed by atoms with Crippen molar-refractivity contribution >= 4 is 0 Å². The molecule has 0 aromatic carbocycles. The first kappa shape index (κ1) is 11.6. The Bertz CT molecular complexity index is 296. The van der Waals surface area contributed by atoms with E-state index < -0.39 is 0 Å². The molecule has 3 heteroatoms. The standard InChI is InChI=1S/C13H20N2O/c1-11(13-7-2-4-8-14-13)15-10-12-6-3-5-9-16-12/h2,4,7-8,11-12,15H,3,5-6,9-10H2,1H3/t11-,12?/m1/s1. The molecule has 1 aliphatic rings. The molecule has 16 heavy (non-hydrogen) atoms. The summed E-state index contributed by atoms with van der Waals surface area (Å²) in [4.78, 5) is 4.34. The van der Waals surface area contributed by atoms with Crippen LogP contribution in [0.2, 0.25) is 0 Å². The molecular formula is C13H20N2O. The van der Waals surface area contributed by atoms with Crippen molar-refractivity contribution in [2.24, 2.45) is 0 Å². The summed E-state index contributed by atoms with van der Waals surface area (Å²) in [5, 5.41) is 3.48. The Hall–Kier alpha value is -0.930. The summed E-state index contributed by atoms with van der Waals surface area (Å²) in [5.74, 6) is 0. The summed E-state index contributed by atoms with van der Waals surface area (Å²) in [6.45, 7) is 3.99. The van der Waals surface area contributed by atoms with Gasteiger partial charge in [-0.25, -0.2) is 0 Å². The summed E-state index contributed by atoms with van der Waals surface area (Å²) < 4.78 is 5.68. The van der Waals surface area contributed by atoms with Gasteiger partial charge in [-0.15, -0.1) is 0 Å². The van der Waals surface area contributed by atoms with E-state index in [1.165, 1.54) is 19.3 Å². The normalized spacial score (nSPS) is 22.9. The van der Waals surface area contributed by atoms with Crippen LogP contribution in [0, 0.1) is 0 Å². The van der Waals surface area contributed by atoms with Crippen LogP contribution in [-0.4, -0.2) is 24.2 Å². The second-order valence-corrected chi connectivity index (χ2v) is 4.37. The molecule has 1 aliphatic heterocycles. The summed E-state index contributed by atoms with van der Waals surface area (Å²) in [6.07, 6.45) is 5.92. The molecule has 0 aliphatic carbocycles. The predicted molar refractivity (Wildman–Crippen MR) is 64.2 cm³/mol. The maximum Gasteiger partial charge on any atom is 0.0699 e. The van der Waals surface area contributed by atoms with E-state index in [4.69, 9.17) is 4.74 Å². The molecule has 2 rings (SSSR count). The molecule has 2 atom stereocenters. The molecule has 1 N–H and O–H groups in total. The lowest BCUT2D eigenvalue weighted by Crippen LogP contribution is -2.33. The highest BCUT2D eigenvalue weighted by atomic mass is 16.5. The van der Waals surface area contributed by atoms with Gasteiger partial charge in [-0.1, -0.05) is 6.07 Å². The number of nitrogens with zero attached hydrogens (tertiary/aromatic N) is 1. The van der Waals surface area contributed by atoms with Crippen LogP contribution in [0.25, 0.3) is 0 Å². The van der Waals surface area contributed by atoms with Crippen molar-refractivity contribution in [3.8, 4) is 0 Å². The lowest BCUT2D eigenvalue weighted by atomic mass is 10.1. The molecule has 0 spiro atoms. The Balaban J connectivity index is 1.77. The fourth-order valence-corrected chi connectivity index (χ4v) is 2.01. The predicted octanol–water partition coefficient (Wildman–Crippen LogP) is 2.30. The second-order valence-electron chi connectivity index (χ2n) is 4.37. The molecule has 0 bridgehead atoms. The van der Waals surface area contributed by atoms with Crippen LogP contribution < -0.4 is 5.32 Å². The summed E-state index contributed by atoms with van der Waals surface area (Å²) in [6, 6.07) is 6.32. The zero-order valence-corrected chi connectivity index (χ0v) is 9.86. The lowest BCUT2D eigenvalue weighted by Gasteiger charge is -2.24. The second kappa shape index (κ2) is 5.97. The quantitative estimate of drug-likeness (QED) is 0.845. The van der Waals surface area contributed by atoms with Gasteiger partial charge < -0.3 is 10.1 Å². The number of rotatable bonds is 4. The first-order valence-electron chi connectivity index (χ1n) is 6.12. The van der Waals surface area contributed by atoms with Gasteiger partial charge in [-0.2, -0.15) is 0 Å². The Kier molecular flexibility index (Phi) is 4.31. The van der Waals surface area contributed by atoms with Gasteiger partial charge >= 0.3 is 0 Å². The first-order valence-corrected chi connectivity index (χ1v) is 6.12. The van der Waals surface area contributed by atoms with Crippen molar-refractivity contribution in [2.75, 3.05) is 13.2 Å². The van der Waals surface area contributed by atoms with Gasteiger partial charge in [0.1, 0.15) is 0 Å². The van der Waals surface area contributed by atoms with Crippen LogP contribution in [0.1, 0.15) is 37.9 Å². The molecule has 88 valence electrons. The zero-order valence-electron chi connectivity index (χ0n) is 9.86. The number of nitrogens with one attached hydrogen (secondary N) is 1. The van der Waals surface area contributed by atoms with Crippen molar-refractivity contribution in [3.63, 3.8) is 0 Å². The summed E-state index contributed by atoms with van der Waals surface area (Å²) >= 11 is 0. The van der Waals surface area contributed by atoms with Crippen molar-refractivity contribution in [2.45, 2.75) is 38.3 Å². The number of aromatic nitrogens is 1. The molecule has 0 saturated carbocycles. The smallest absolute Gasteiger partial charge is 0.0699 e. The van der Waals surface area contributed by atoms with E-state index in [2.05, 4.69) is 23.3 Å². The third-order valence-electron chi connectivity index (χ3n) is 3.06. The van der Waals surface area contributed by atoms with Crippen LogP contribution >= 0.6 is 0 Å². The van der Waals surface area contributed by atoms with Gasteiger partial charge in [0, 0.05) is 25.4 Å². The Morgan fingerprint density at radius 2 is 2.44 bits per heavy atom. The van der Waals surface area contributed by atoms with E-state index in [0.29, 0.717) is 12.1 Å². The van der Waals surface area contributed by atoms with E-state index in [9.17, 15) is 0 Å². The van der Waals surface area contributed by atoms with Crippen LogP contribution in [0.5, 0.6) is 0 Å². The van der Waals surface area contributed by atoms with Gasteiger partial charge in [0.2, 0.25) is 0 Å². The van der Waals surface area contributed by atoms with Gasteiger partial charge in [0.25, 0.3) is 0 Å². The highest BCUT2D eigenvalue weighted by Crippen LogP contribution is 2.13. The van der Waals surface area contributed by atoms with Crippen molar-refractivity contribution in [1.82, 2.24) is 10.3 Å². The number of pyridine rings is 1. The molecule has 1 aromatic rings. The number of hydrogen-bond donors (Lipinski definition) is 1. The van der Waals surface area contributed by atoms with Crippen LogP contribution in [0.3, 0.4) is 0 Å². The number of ether oxygens (including phenoxy) is 1. The zero-order chi connectivity index (χ0) is 11.2. The van der Waals surface area contributed by atoms with E-state index in [1.807, 2.05) is 18.3 Å². The van der Waals surface area contributed by atoms with Gasteiger partial charge in [0.15, 0.2) is 0 Å². The van der Waals surface area contributed by atoms with Gasteiger partial charge in [0.05, 0.1) is 11.8 Å². The van der Waals surface area contributed by atoms with Crippen LogP contribution in [0.4, 0.5) is 0 Å². The van der Waals surface area contributed by atoms with Gasteiger partial charge in [-0.3, -0.25) is 4.98 Å². The van der Waals surface area contributed by atoms with Crippen LogP contribution in [-0.2, 0) is 4.74 Å². The summed E-state index contributed by atoms with van der Waals surface area (Å²) in [5.41, 5.74) is 1.10. The third kappa shape index (κ3) is 3.29. The van der Waals surface area contributed by atoms with Crippen molar-refractivity contribution in [3.05, 3.63) is 30.1 Å². The first-order chi connectivity index (χ1) is 7.86. The molecule has 1 saturated heterocycles. The molecule has 1 fully saturated rings.